The van der Waals surface area contributed by atoms with Gasteiger partial charge in [0.15, 0.2) is 0 Å². The van der Waals surface area contributed by atoms with E-state index in [9.17, 15) is 9.59 Å². The van der Waals surface area contributed by atoms with Crippen LogP contribution in [-0.2, 0) is 11.3 Å². The predicted molar refractivity (Wildman–Crippen MR) is 109 cm³/mol. The largest absolute Gasteiger partial charge is 0.496 e. The Balaban J connectivity index is 1.53. The third-order valence-corrected chi connectivity index (χ3v) is 4.75. The number of piperazine rings is 1. The predicted octanol–water partition coefficient (Wildman–Crippen LogP) is 2.62. The molecule has 0 spiro atoms. The number of hydrogen-bond acceptors (Lipinski definition) is 6. The van der Waals surface area contributed by atoms with E-state index in [1.54, 1.807) is 36.1 Å². The number of carbonyl (C=O) groups is 2. The Morgan fingerprint density at radius 2 is 1.79 bits per heavy atom. The quantitative estimate of drug-likeness (QED) is 0.805. The first-order valence-corrected chi connectivity index (χ1v) is 9.65. The monoisotopic (exact) mass is 398 g/mol. The first kappa shape index (κ1) is 20.4. The molecule has 1 N–H and O–H groups in total. The van der Waals surface area contributed by atoms with Crippen LogP contribution < -0.4 is 10.1 Å². The Bertz CT molecular complexity index is 833. The molecule has 2 aromatic rings. The van der Waals surface area contributed by atoms with Crippen LogP contribution >= 0.6 is 0 Å². The molecule has 0 radical (unpaired) electrons. The molecule has 29 heavy (non-hydrogen) atoms. The number of carbonyl (C=O) groups excluding carboxylic acids is 2. The van der Waals surface area contributed by atoms with Crippen molar-refractivity contribution in [1.29, 1.82) is 0 Å². The average Bonchev–Trinajstić information content (AvgIpc) is 2.78. The van der Waals surface area contributed by atoms with Gasteiger partial charge in [0.1, 0.15) is 11.4 Å². The fourth-order valence-electron chi connectivity index (χ4n) is 3.14. The summed E-state index contributed by atoms with van der Waals surface area (Å²) in [6.45, 7) is 4.57. The maximum atomic E-state index is 12.7. The number of aromatic nitrogens is 1. The highest BCUT2D eigenvalue weighted by Gasteiger charge is 2.26. The number of benzene rings is 1. The van der Waals surface area contributed by atoms with E-state index in [2.05, 4.69) is 10.3 Å². The lowest BCUT2D eigenvalue weighted by molar-refractivity contribution is 0.0566. The van der Waals surface area contributed by atoms with E-state index in [0.717, 1.165) is 17.0 Å². The molecule has 1 fully saturated rings. The molecule has 1 aliphatic rings. The highest BCUT2D eigenvalue weighted by molar-refractivity contribution is 5.92. The lowest BCUT2D eigenvalue weighted by Crippen LogP contribution is -2.50. The number of para-hydroxylation sites is 1. The molecule has 2 amide bonds. The van der Waals surface area contributed by atoms with Gasteiger partial charge in [-0.05, 0) is 25.1 Å². The van der Waals surface area contributed by atoms with Gasteiger partial charge in [0.25, 0.3) is 5.91 Å². The number of methoxy groups -OCH3 is 1. The first-order chi connectivity index (χ1) is 14.1. The zero-order chi connectivity index (χ0) is 20.6. The second kappa shape index (κ2) is 9.77. The molecular formula is C21H26N4O4. The smallest absolute Gasteiger partial charge is 0.409 e. The van der Waals surface area contributed by atoms with Gasteiger partial charge in [-0.3, -0.25) is 4.79 Å². The summed E-state index contributed by atoms with van der Waals surface area (Å²) in [4.78, 5) is 32.1. The SMILES string of the molecule is CCOC(=O)N1CCN(C(=O)c2ccc(NCc3ccccc3OC)cn2)CC1. The van der Waals surface area contributed by atoms with Gasteiger partial charge >= 0.3 is 6.09 Å². The maximum absolute atomic E-state index is 12.7. The maximum Gasteiger partial charge on any atom is 0.409 e. The van der Waals surface area contributed by atoms with E-state index >= 15 is 0 Å². The van der Waals surface area contributed by atoms with Crippen molar-refractivity contribution in [3.8, 4) is 5.75 Å². The van der Waals surface area contributed by atoms with Crippen LogP contribution in [0.15, 0.2) is 42.6 Å². The highest BCUT2D eigenvalue weighted by atomic mass is 16.6. The molecule has 3 rings (SSSR count). The third kappa shape index (κ3) is 5.16. The van der Waals surface area contributed by atoms with Crippen LogP contribution in [-0.4, -0.2) is 66.7 Å². The van der Waals surface area contributed by atoms with Gasteiger partial charge in [-0.1, -0.05) is 18.2 Å². The van der Waals surface area contributed by atoms with Crippen molar-refractivity contribution in [2.75, 3.05) is 45.2 Å². The number of anilines is 1. The summed E-state index contributed by atoms with van der Waals surface area (Å²) in [6, 6.07) is 11.3. The Kier molecular flexibility index (Phi) is 6.89. The fraction of sp³-hybridized carbons (Fsp3) is 0.381. The van der Waals surface area contributed by atoms with Crippen LogP contribution in [0.1, 0.15) is 23.0 Å². The molecule has 0 saturated carbocycles. The molecule has 1 aliphatic heterocycles. The van der Waals surface area contributed by atoms with Gasteiger partial charge in [-0.25, -0.2) is 9.78 Å². The van der Waals surface area contributed by atoms with Crippen molar-refractivity contribution in [2.45, 2.75) is 13.5 Å². The van der Waals surface area contributed by atoms with Gasteiger partial charge in [0, 0.05) is 38.3 Å². The topological polar surface area (TPSA) is 84.0 Å². The first-order valence-electron chi connectivity index (χ1n) is 9.65. The van der Waals surface area contributed by atoms with E-state index in [-0.39, 0.29) is 12.0 Å². The normalized spacial score (nSPS) is 13.7. The van der Waals surface area contributed by atoms with E-state index in [0.29, 0.717) is 45.0 Å². The molecule has 1 aromatic carbocycles. The molecule has 0 bridgehead atoms. The van der Waals surface area contributed by atoms with E-state index in [1.807, 2.05) is 30.3 Å². The Morgan fingerprint density at radius 3 is 2.45 bits per heavy atom. The van der Waals surface area contributed by atoms with Crippen LogP contribution in [0.5, 0.6) is 5.75 Å². The second-order valence-corrected chi connectivity index (χ2v) is 6.58. The van der Waals surface area contributed by atoms with Crippen molar-refractivity contribution in [1.82, 2.24) is 14.8 Å². The van der Waals surface area contributed by atoms with Crippen molar-refractivity contribution >= 4 is 17.7 Å². The number of hydrogen-bond donors (Lipinski definition) is 1. The molecule has 154 valence electrons. The Morgan fingerprint density at radius 1 is 1.07 bits per heavy atom. The summed E-state index contributed by atoms with van der Waals surface area (Å²) >= 11 is 0. The minimum Gasteiger partial charge on any atom is -0.496 e. The summed E-state index contributed by atoms with van der Waals surface area (Å²) in [7, 11) is 1.65. The molecule has 0 aliphatic carbocycles. The molecule has 8 nitrogen and oxygen atoms in total. The summed E-state index contributed by atoms with van der Waals surface area (Å²) < 4.78 is 10.3. The number of nitrogens with one attached hydrogen (secondary N) is 1. The number of rotatable bonds is 6. The van der Waals surface area contributed by atoms with Gasteiger partial charge in [-0.15, -0.1) is 0 Å². The standard InChI is InChI=1S/C21H26N4O4/c1-3-29-21(27)25-12-10-24(11-13-25)20(26)18-9-8-17(15-23-18)22-14-16-6-4-5-7-19(16)28-2/h4-9,15,22H,3,10-14H2,1-2H3. The second-order valence-electron chi connectivity index (χ2n) is 6.58. The van der Waals surface area contributed by atoms with Gasteiger partial charge in [-0.2, -0.15) is 0 Å². The molecule has 1 saturated heterocycles. The summed E-state index contributed by atoms with van der Waals surface area (Å²) in [6.07, 6.45) is 1.32. The van der Waals surface area contributed by atoms with Crippen molar-refractivity contribution < 1.29 is 19.1 Å². The zero-order valence-corrected chi connectivity index (χ0v) is 16.8. The van der Waals surface area contributed by atoms with Crippen LogP contribution in [0.4, 0.5) is 10.5 Å². The summed E-state index contributed by atoms with van der Waals surface area (Å²) in [5, 5.41) is 3.29. The number of amides is 2. The van der Waals surface area contributed by atoms with Crippen LogP contribution in [0, 0.1) is 0 Å². The van der Waals surface area contributed by atoms with Crippen LogP contribution in [0.25, 0.3) is 0 Å². The Hall–Kier alpha value is -3.29. The van der Waals surface area contributed by atoms with E-state index in [1.165, 1.54) is 0 Å². The van der Waals surface area contributed by atoms with Crippen LogP contribution in [0.2, 0.25) is 0 Å². The number of ether oxygens (including phenoxy) is 2. The highest BCUT2D eigenvalue weighted by Crippen LogP contribution is 2.19. The lowest BCUT2D eigenvalue weighted by atomic mass is 10.2. The van der Waals surface area contributed by atoms with Crippen molar-refractivity contribution in [3.63, 3.8) is 0 Å². The van der Waals surface area contributed by atoms with Gasteiger partial charge in [0.05, 0.1) is 25.6 Å². The molecule has 1 aromatic heterocycles. The Labute approximate surface area is 170 Å². The van der Waals surface area contributed by atoms with Crippen LogP contribution in [0.3, 0.4) is 0 Å². The fourth-order valence-corrected chi connectivity index (χ4v) is 3.14. The van der Waals surface area contributed by atoms with Crippen molar-refractivity contribution in [2.24, 2.45) is 0 Å². The summed E-state index contributed by atoms with van der Waals surface area (Å²) in [5.41, 5.74) is 2.24. The average molecular weight is 398 g/mol. The van der Waals surface area contributed by atoms with E-state index < -0.39 is 0 Å². The molecule has 0 atom stereocenters. The van der Waals surface area contributed by atoms with E-state index in [4.69, 9.17) is 9.47 Å². The molecule has 8 heteroatoms. The summed E-state index contributed by atoms with van der Waals surface area (Å²) in [5.74, 6) is 0.687. The molecular weight excluding hydrogens is 372 g/mol. The molecule has 2 heterocycles. The number of pyridine rings is 1. The molecule has 0 unspecified atom stereocenters. The van der Waals surface area contributed by atoms with Gasteiger partial charge < -0.3 is 24.6 Å². The zero-order valence-electron chi connectivity index (χ0n) is 16.8. The third-order valence-electron chi connectivity index (χ3n) is 4.75. The minimum atomic E-state index is -0.330. The van der Waals surface area contributed by atoms with Crippen molar-refractivity contribution in [3.05, 3.63) is 53.9 Å². The minimum absolute atomic E-state index is 0.134. The van der Waals surface area contributed by atoms with Gasteiger partial charge in [0.2, 0.25) is 0 Å². The lowest BCUT2D eigenvalue weighted by Gasteiger charge is -2.33. The number of nitrogens with zero attached hydrogens (tertiary/aromatic N) is 3.